The van der Waals surface area contributed by atoms with E-state index in [0.29, 0.717) is 6.04 Å². The van der Waals surface area contributed by atoms with Crippen LogP contribution in [0, 0.1) is 5.92 Å². The molecule has 2 unspecified atom stereocenters. The average molecular weight is 422 g/mol. The minimum atomic E-state index is 0. The molecule has 2 atom stereocenters. The minimum absolute atomic E-state index is 0. The van der Waals surface area contributed by atoms with Gasteiger partial charge in [0.25, 0.3) is 0 Å². The van der Waals surface area contributed by atoms with Crippen LogP contribution < -0.4 is 10.6 Å². The summed E-state index contributed by atoms with van der Waals surface area (Å²) in [7, 11) is 1.88. The summed E-state index contributed by atoms with van der Waals surface area (Å²) >= 11 is 0. The Morgan fingerprint density at radius 3 is 2.50 bits per heavy atom. The largest absolute Gasteiger partial charge is 0.355 e. The molecule has 0 amide bonds. The number of aliphatic imine (C=N–C) groups is 1. The first kappa shape index (κ1) is 20.0. The maximum absolute atomic E-state index is 4.39. The van der Waals surface area contributed by atoms with E-state index in [1.165, 1.54) is 51.6 Å². The number of piperidine rings is 1. The normalized spacial score (nSPS) is 26.3. The fraction of sp³-hybridized carbons (Fsp3) is 0.941. The van der Waals surface area contributed by atoms with E-state index in [1.54, 1.807) is 0 Å². The number of guanidine groups is 1. The minimum Gasteiger partial charge on any atom is -0.355 e. The first-order valence-electron chi connectivity index (χ1n) is 8.79. The van der Waals surface area contributed by atoms with Gasteiger partial charge in [-0.25, -0.2) is 0 Å². The number of hydrogen-bond acceptors (Lipinski definition) is 2. The van der Waals surface area contributed by atoms with Crippen molar-refractivity contribution in [3.8, 4) is 0 Å². The van der Waals surface area contributed by atoms with Gasteiger partial charge in [0.15, 0.2) is 5.96 Å². The number of nitrogens with zero attached hydrogens (tertiary/aromatic N) is 2. The van der Waals surface area contributed by atoms with Crippen molar-refractivity contribution in [1.29, 1.82) is 0 Å². The van der Waals surface area contributed by atoms with Gasteiger partial charge in [-0.2, -0.15) is 0 Å². The monoisotopic (exact) mass is 422 g/mol. The fourth-order valence-electron chi connectivity index (χ4n) is 3.40. The van der Waals surface area contributed by atoms with Gasteiger partial charge in [0.1, 0.15) is 0 Å². The van der Waals surface area contributed by atoms with E-state index in [0.717, 1.165) is 18.4 Å². The Kier molecular flexibility index (Phi) is 8.46. The summed E-state index contributed by atoms with van der Waals surface area (Å²) in [5.74, 6) is 1.84. The molecule has 0 aromatic heterocycles. The standard InChI is InChI=1S/C17H34N4.HI/c1-5-9-14-12-15(14)20-16(18-4)19-13-17(2,3)21-10-7-6-8-11-21;/h14-15H,5-13H2,1-4H3,(H2,18,19,20);1H. The predicted octanol–water partition coefficient (Wildman–Crippen LogP) is 3.22. The highest BCUT2D eigenvalue weighted by Gasteiger charge is 2.37. The molecule has 1 aliphatic carbocycles. The van der Waals surface area contributed by atoms with Crippen LogP contribution >= 0.6 is 24.0 Å². The number of rotatable bonds is 6. The maximum atomic E-state index is 4.39. The van der Waals surface area contributed by atoms with E-state index in [2.05, 4.69) is 41.3 Å². The molecule has 130 valence electrons. The third-order valence-corrected chi connectivity index (χ3v) is 5.03. The maximum Gasteiger partial charge on any atom is 0.191 e. The van der Waals surface area contributed by atoms with Crippen LogP contribution in [0.25, 0.3) is 0 Å². The Bertz CT molecular complexity index is 351. The molecule has 2 N–H and O–H groups in total. The average Bonchev–Trinajstić information content (AvgIpc) is 3.22. The van der Waals surface area contributed by atoms with E-state index >= 15 is 0 Å². The van der Waals surface area contributed by atoms with Gasteiger partial charge in [0.2, 0.25) is 0 Å². The quantitative estimate of drug-likeness (QED) is 0.392. The predicted molar refractivity (Wildman–Crippen MR) is 106 cm³/mol. The van der Waals surface area contributed by atoms with Gasteiger partial charge in [-0.3, -0.25) is 9.89 Å². The number of nitrogens with one attached hydrogen (secondary N) is 2. The van der Waals surface area contributed by atoms with Crippen LogP contribution in [0.5, 0.6) is 0 Å². The Labute approximate surface area is 153 Å². The van der Waals surface area contributed by atoms with Crippen molar-refractivity contribution in [2.75, 3.05) is 26.7 Å². The van der Waals surface area contributed by atoms with E-state index in [1.807, 2.05) is 7.05 Å². The van der Waals surface area contributed by atoms with Crippen molar-refractivity contribution in [1.82, 2.24) is 15.5 Å². The SMILES string of the molecule is CCCC1CC1NC(=NC)NCC(C)(C)N1CCCCC1.I. The highest BCUT2D eigenvalue weighted by molar-refractivity contribution is 14.0. The lowest BCUT2D eigenvalue weighted by atomic mass is 9.98. The summed E-state index contributed by atoms with van der Waals surface area (Å²) in [5.41, 5.74) is 0.199. The van der Waals surface area contributed by atoms with Crippen LogP contribution in [-0.2, 0) is 0 Å². The first-order chi connectivity index (χ1) is 10.1. The summed E-state index contributed by atoms with van der Waals surface area (Å²) in [6, 6.07) is 0.647. The summed E-state index contributed by atoms with van der Waals surface area (Å²) in [6.07, 6.45) is 8.02. The van der Waals surface area contributed by atoms with E-state index in [-0.39, 0.29) is 29.5 Å². The second-order valence-corrected chi connectivity index (χ2v) is 7.32. The summed E-state index contributed by atoms with van der Waals surface area (Å²) in [6.45, 7) is 10.4. The molecule has 1 saturated heterocycles. The molecule has 1 aliphatic heterocycles. The molecule has 2 fully saturated rings. The molecule has 2 rings (SSSR count). The second kappa shape index (κ2) is 9.30. The second-order valence-electron chi connectivity index (χ2n) is 7.32. The van der Waals surface area contributed by atoms with Crippen LogP contribution in [0.4, 0.5) is 0 Å². The zero-order chi connectivity index (χ0) is 15.3. The number of halogens is 1. The van der Waals surface area contributed by atoms with Crippen LogP contribution in [0.15, 0.2) is 4.99 Å². The van der Waals surface area contributed by atoms with Crippen molar-refractivity contribution in [2.45, 2.75) is 70.9 Å². The van der Waals surface area contributed by atoms with Crippen molar-refractivity contribution in [3.63, 3.8) is 0 Å². The van der Waals surface area contributed by atoms with Gasteiger partial charge in [0.05, 0.1) is 0 Å². The fourth-order valence-corrected chi connectivity index (χ4v) is 3.40. The third-order valence-electron chi connectivity index (χ3n) is 5.03. The van der Waals surface area contributed by atoms with Crippen LogP contribution in [0.3, 0.4) is 0 Å². The lowest BCUT2D eigenvalue weighted by Gasteiger charge is -2.41. The van der Waals surface area contributed by atoms with Crippen LogP contribution in [0.2, 0.25) is 0 Å². The molecule has 0 aromatic carbocycles. The van der Waals surface area contributed by atoms with Gasteiger partial charge in [-0.1, -0.05) is 19.8 Å². The Morgan fingerprint density at radius 2 is 1.91 bits per heavy atom. The summed E-state index contributed by atoms with van der Waals surface area (Å²) < 4.78 is 0. The van der Waals surface area contributed by atoms with Crippen molar-refractivity contribution < 1.29 is 0 Å². The van der Waals surface area contributed by atoms with Gasteiger partial charge < -0.3 is 10.6 Å². The van der Waals surface area contributed by atoms with E-state index in [4.69, 9.17) is 0 Å². The van der Waals surface area contributed by atoms with Crippen molar-refractivity contribution in [2.24, 2.45) is 10.9 Å². The molecule has 22 heavy (non-hydrogen) atoms. The van der Waals surface area contributed by atoms with E-state index in [9.17, 15) is 0 Å². The highest BCUT2D eigenvalue weighted by atomic mass is 127. The zero-order valence-electron chi connectivity index (χ0n) is 14.8. The molecule has 1 heterocycles. The zero-order valence-corrected chi connectivity index (χ0v) is 17.2. The molecular weight excluding hydrogens is 387 g/mol. The lowest BCUT2D eigenvalue weighted by molar-refractivity contribution is 0.0982. The smallest absolute Gasteiger partial charge is 0.191 e. The van der Waals surface area contributed by atoms with Gasteiger partial charge in [-0.05, 0) is 58.5 Å². The lowest BCUT2D eigenvalue weighted by Crippen LogP contribution is -2.55. The molecule has 0 bridgehead atoms. The van der Waals surface area contributed by atoms with Gasteiger partial charge >= 0.3 is 0 Å². The molecule has 2 aliphatic rings. The molecule has 5 heteroatoms. The molecule has 1 saturated carbocycles. The van der Waals surface area contributed by atoms with E-state index < -0.39 is 0 Å². The molecular formula is C17H35IN4. The topological polar surface area (TPSA) is 39.7 Å². The molecule has 4 nitrogen and oxygen atoms in total. The molecule has 0 spiro atoms. The first-order valence-corrected chi connectivity index (χ1v) is 8.79. The number of likely N-dealkylation sites (tertiary alicyclic amines) is 1. The molecule has 0 radical (unpaired) electrons. The van der Waals surface area contributed by atoms with Crippen molar-refractivity contribution >= 4 is 29.9 Å². The van der Waals surface area contributed by atoms with Gasteiger partial charge in [0, 0.05) is 25.2 Å². The van der Waals surface area contributed by atoms with Crippen molar-refractivity contribution in [3.05, 3.63) is 0 Å². The van der Waals surface area contributed by atoms with Crippen LogP contribution in [0.1, 0.15) is 59.3 Å². The summed E-state index contributed by atoms with van der Waals surface area (Å²) in [4.78, 5) is 7.01. The molecule has 0 aromatic rings. The Balaban J connectivity index is 0.00000242. The Morgan fingerprint density at radius 1 is 1.23 bits per heavy atom. The summed E-state index contributed by atoms with van der Waals surface area (Å²) in [5, 5.41) is 7.11. The van der Waals surface area contributed by atoms with Crippen LogP contribution in [-0.4, -0.2) is 49.1 Å². The highest BCUT2D eigenvalue weighted by Crippen LogP contribution is 2.34. The van der Waals surface area contributed by atoms with Gasteiger partial charge in [-0.15, -0.1) is 24.0 Å². The Hall–Kier alpha value is -0.0400. The number of hydrogen-bond donors (Lipinski definition) is 2. The third kappa shape index (κ3) is 5.87.